The number of esters is 1. The molecule has 1 aromatic rings. The van der Waals surface area contributed by atoms with Gasteiger partial charge in [0.15, 0.2) is 0 Å². The number of rotatable bonds is 9. The van der Waals surface area contributed by atoms with Gasteiger partial charge in [0.2, 0.25) is 5.91 Å². The van der Waals surface area contributed by atoms with Crippen LogP contribution < -0.4 is 5.73 Å². The molecule has 1 aromatic carbocycles. The Morgan fingerprint density at radius 3 is 2.66 bits per heavy atom. The lowest BCUT2D eigenvalue weighted by Gasteiger charge is -2.31. The first-order chi connectivity index (χ1) is 14.0. The van der Waals surface area contributed by atoms with E-state index in [0.717, 1.165) is 23.5 Å². The maximum atomic E-state index is 11.8. The summed E-state index contributed by atoms with van der Waals surface area (Å²) >= 11 is 0. The van der Waals surface area contributed by atoms with Gasteiger partial charge in [-0.1, -0.05) is 37.3 Å². The van der Waals surface area contributed by atoms with Gasteiger partial charge in [-0.25, -0.2) is 0 Å². The molecule has 3 rings (SSSR count). The fourth-order valence-corrected chi connectivity index (χ4v) is 3.97. The molecule has 29 heavy (non-hydrogen) atoms. The minimum atomic E-state index is -0.348. The summed E-state index contributed by atoms with van der Waals surface area (Å²) in [4.78, 5) is 25.3. The van der Waals surface area contributed by atoms with Crippen LogP contribution in [0.25, 0.3) is 0 Å². The zero-order valence-corrected chi connectivity index (χ0v) is 17.0. The van der Waals surface area contributed by atoms with Crippen LogP contribution in [-0.4, -0.2) is 36.5 Å². The summed E-state index contributed by atoms with van der Waals surface area (Å²) in [7, 11) is 1.38. The van der Waals surface area contributed by atoms with Crippen LogP contribution in [0.15, 0.2) is 65.7 Å². The van der Waals surface area contributed by atoms with Crippen molar-refractivity contribution in [2.45, 2.75) is 38.6 Å². The smallest absolute Gasteiger partial charge is 0.305 e. The summed E-state index contributed by atoms with van der Waals surface area (Å²) in [5.74, 6) is 0.275. The van der Waals surface area contributed by atoms with E-state index in [0.29, 0.717) is 19.4 Å². The second-order valence-electron chi connectivity index (χ2n) is 7.37. The first-order valence-electron chi connectivity index (χ1n) is 9.93. The Bertz CT molecular complexity index is 842. The van der Waals surface area contributed by atoms with Crippen molar-refractivity contribution in [2.75, 3.05) is 13.7 Å². The minimum Gasteiger partial charge on any atom is -0.491 e. The molecule has 2 atom stereocenters. The van der Waals surface area contributed by atoms with Gasteiger partial charge >= 0.3 is 5.97 Å². The highest BCUT2D eigenvalue weighted by molar-refractivity contribution is 5.77. The van der Waals surface area contributed by atoms with E-state index in [4.69, 9.17) is 10.5 Å². The van der Waals surface area contributed by atoms with Gasteiger partial charge < -0.3 is 20.1 Å². The number of allylic oxidation sites excluding steroid dienone is 2. The number of amides is 1. The predicted molar refractivity (Wildman–Crippen MR) is 110 cm³/mol. The highest BCUT2D eigenvalue weighted by atomic mass is 16.5. The van der Waals surface area contributed by atoms with Crippen LogP contribution in [-0.2, 0) is 25.5 Å². The third-order valence-corrected chi connectivity index (χ3v) is 5.44. The molecular formula is C23H28N2O4. The van der Waals surface area contributed by atoms with Gasteiger partial charge in [-0.05, 0) is 36.1 Å². The Hall–Kier alpha value is -3.02. The highest BCUT2D eigenvalue weighted by Gasteiger charge is 2.40. The Morgan fingerprint density at radius 2 is 1.97 bits per heavy atom. The second-order valence-corrected chi connectivity index (χ2v) is 7.37. The van der Waals surface area contributed by atoms with Gasteiger partial charge in [0.1, 0.15) is 5.76 Å². The standard InChI is InChI=1S/C23H28N2O4/c1-16-18(15-21(24)26)23-20(29-13-7-11-22(27)28-2)10-6-12-25(23)19(16)14-17-8-4-3-5-9-17/h3-6,8-10,12,16,19H,7,11,13-15H2,1-2H3,(H2,24,26). The molecule has 0 saturated carbocycles. The first kappa shape index (κ1) is 20.7. The van der Waals surface area contributed by atoms with Crippen LogP contribution in [0.1, 0.15) is 31.7 Å². The largest absolute Gasteiger partial charge is 0.491 e. The Labute approximate surface area is 171 Å². The van der Waals surface area contributed by atoms with Crippen molar-refractivity contribution in [3.05, 3.63) is 71.3 Å². The van der Waals surface area contributed by atoms with Crippen molar-refractivity contribution >= 4 is 11.9 Å². The zero-order chi connectivity index (χ0) is 20.8. The van der Waals surface area contributed by atoms with Gasteiger partial charge in [-0.2, -0.15) is 0 Å². The monoisotopic (exact) mass is 396 g/mol. The van der Waals surface area contributed by atoms with Crippen LogP contribution in [0.2, 0.25) is 0 Å². The molecule has 2 heterocycles. The van der Waals surface area contributed by atoms with E-state index in [1.807, 2.05) is 36.6 Å². The molecule has 2 N–H and O–H groups in total. The Kier molecular flexibility index (Phi) is 6.75. The minimum absolute atomic E-state index is 0.155. The summed E-state index contributed by atoms with van der Waals surface area (Å²) < 4.78 is 10.7. The molecule has 0 aliphatic carbocycles. The van der Waals surface area contributed by atoms with Gasteiger partial charge in [-0.3, -0.25) is 9.59 Å². The van der Waals surface area contributed by atoms with Crippen LogP contribution in [0.5, 0.6) is 0 Å². The molecule has 0 aromatic heterocycles. The molecule has 0 spiro atoms. The summed E-state index contributed by atoms with van der Waals surface area (Å²) in [6, 6.07) is 10.5. The average molecular weight is 396 g/mol. The van der Waals surface area contributed by atoms with Gasteiger partial charge in [0.25, 0.3) is 0 Å². The fourth-order valence-electron chi connectivity index (χ4n) is 3.97. The van der Waals surface area contributed by atoms with Crippen molar-refractivity contribution in [3.63, 3.8) is 0 Å². The molecule has 0 saturated heterocycles. The molecule has 6 nitrogen and oxygen atoms in total. The van der Waals surface area contributed by atoms with E-state index in [1.165, 1.54) is 12.7 Å². The summed E-state index contributed by atoms with van der Waals surface area (Å²) in [5, 5.41) is 0. The third-order valence-electron chi connectivity index (χ3n) is 5.44. The number of benzene rings is 1. The number of hydrogen-bond acceptors (Lipinski definition) is 5. The van der Waals surface area contributed by atoms with Gasteiger partial charge in [0, 0.05) is 24.6 Å². The molecule has 2 aliphatic rings. The number of primary amides is 1. The normalized spacial score (nSPS) is 20.3. The van der Waals surface area contributed by atoms with Crippen LogP contribution in [0, 0.1) is 5.92 Å². The van der Waals surface area contributed by atoms with E-state index in [2.05, 4.69) is 28.7 Å². The topological polar surface area (TPSA) is 81.9 Å². The molecule has 2 aliphatic heterocycles. The number of nitrogens with two attached hydrogens (primary N) is 1. The number of fused-ring (bicyclic) bond motifs is 1. The van der Waals surface area contributed by atoms with Crippen molar-refractivity contribution in [2.24, 2.45) is 11.7 Å². The van der Waals surface area contributed by atoms with Crippen LogP contribution in [0.3, 0.4) is 0 Å². The van der Waals surface area contributed by atoms with Crippen molar-refractivity contribution < 1.29 is 19.1 Å². The number of carbonyl (C=O) groups is 2. The molecule has 154 valence electrons. The van der Waals surface area contributed by atoms with E-state index >= 15 is 0 Å². The average Bonchev–Trinajstić information content (AvgIpc) is 2.97. The van der Waals surface area contributed by atoms with Gasteiger partial charge in [-0.15, -0.1) is 0 Å². The summed E-state index contributed by atoms with van der Waals surface area (Å²) in [6.07, 6.45) is 7.83. The predicted octanol–water partition coefficient (Wildman–Crippen LogP) is 3.06. The fraction of sp³-hybridized carbons (Fsp3) is 0.391. The highest BCUT2D eigenvalue weighted by Crippen LogP contribution is 2.42. The third kappa shape index (κ3) is 4.88. The summed E-state index contributed by atoms with van der Waals surface area (Å²) in [5.41, 5.74) is 8.72. The SMILES string of the molecule is COC(=O)CCCOC1=CC=CN2C1=C(CC(N)=O)C(C)C2Cc1ccccc1. The van der Waals surface area contributed by atoms with E-state index in [-0.39, 0.29) is 30.3 Å². The Morgan fingerprint density at radius 1 is 1.21 bits per heavy atom. The molecule has 1 amide bonds. The maximum absolute atomic E-state index is 11.8. The lowest BCUT2D eigenvalue weighted by atomic mass is 9.90. The van der Waals surface area contributed by atoms with Gasteiger partial charge in [0.05, 0.1) is 25.8 Å². The number of carbonyl (C=O) groups excluding carboxylic acids is 2. The number of ether oxygens (including phenoxy) is 2. The number of nitrogens with zero attached hydrogens (tertiary/aromatic N) is 1. The van der Waals surface area contributed by atoms with Crippen molar-refractivity contribution in [1.82, 2.24) is 4.90 Å². The second kappa shape index (κ2) is 9.45. The molecule has 0 radical (unpaired) electrons. The molecule has 0 fully saturated rings. The lowest BCUT2D eigenvalue weighted by Crippen LogP contribution is -2.33. The van der Waals surface area contributed by atoms with Crippen molar-refractivity contribution in [1.29, 1.82) is 0 Å². The summed E-state index contributed by atoms with van der Waals surface area (Å²) in [6.45, 7) is 2.54. The molecule has 0 bridgehead atoms. The van der Waals surface area contributed by atoms with Crippen molar-refractivity contribution in [3.8, 4) is 0 Å². The number of methoxy groups -OCH3 is 1. The van der Waals surface area contributed by atoms with Crippen LogP contribution >= 0.6 is 0 Å². The van der Waals surface area contributed by atoms with E-state index in [9.17, 15) is 9.59 Å². The quantitative estimate of drug-likeness (QED) is 0.512. The first-order valence-corrected chi connectivity index (χ1v) is 9.93. The maximum Gasteiger partial charge on any atom is 0.305 e. The van der Waals surface area contributed by atoms with Crippen LogP contribution in [0.4, 0.5) is 0 Å². The van der Waals surface area contributed by atoms with E-state index in [1.54, 1.807) is 0 Å². The molecule has 2 unspecified atom stereocenters. The lowest BCUT2D eigenvalue weighted by molar-refractivity contribution is -0.140. The van der Waals surface area contributed by atoms with E-state index < -0.39 is 0 Å². The number of hydrogen-bond donors (Lipinski definition) is 1. The Balaban J connectivity index is 1.79. The molecule has 6 heteroatoms. The zero-order valence-electron chi connectivity index (χ0n) is 17.0. The molecular weight excluding hydrogens is 368 g/mol.